The standard InChI is InChI=1S/C17H19/c1-2-3-5-8-15-11-13-17(14-12-15)16-9-6-4-7-10-16/h4,6-7,9,11-14H,2-3,5,8H2,1H3. The number of benzene rings is 2. The van der Waals surface area contributed by atoms with Crippen molar-refractivity contribution in [2.45, 2.75) is 32.6 Å². The summed E-state index contributed by atoms with van der Waals surface area (Å²) in [7, 11) is 0. The van der Waals surface area contributed by atoms with Crippen LogP contribution in [0.4, 0.5) is 0 Å². The largest absolute Gasteiger partial charge is 0.0654 e. The van der Waals surface area contributed by atoms with E-state index in [1.165, 1.54) is 42.4 Å². The van der Waals surface area contributed by atoms with Gasteiger partial charge in [0.05, 0.1) is 0 Å². The van der Waals surface area contributed by atoms with E-state index in [4.69, 9.17) is 0 Å². The molecule has 0 aliphatic rings. The number of hydrogen-bond donors (Lipinski definition) is 0. The molecule has 0 bridgehead atoms. The highest BCUT2D eigenvalue weighted by molar-refractivity contribution is 5.62. The van der Waals surface area contributed by atoms with Crippen molar-refractivity contribution in [3.63, 3.8) is 0 Å². The van der Waals surface area contributed by atoms with Crippen molar-refractivity contribution in [1.82, 2.24) is 0 Å². The maximum Gasteiger partial charge on any atom is -0.00992 e. The predicted octanol–water partition coefficient (Wildman–Crippen LogP) is 4.89. The zero-order valence-electron chi connectivity index (χ0n) is 10.4. The van der Waals surface area contributed by atoms with Gasteiger partial charge in [-0.3, -0.25) is 0 Å². The molecule has 87 valence electrons. The monoisotopic (exact) mass is 223 g/mol. The van der Waals surface area contributed by atoms with Crippen LogP contribution in [-0.2, 0) is 6.42 Å². The van der Waals surface area contributed by atoms with Crippen molar-refractivity contribution in [1.29, 1.82) is 0 Å². The highest BCUT2D eigenvalue weighted by atomic mass is 14.0. The first kappa shape index (κ1) is 11.9. The molecule has 0 saturated carbocycles. The van der Waals surface area contributed by atoms with Gasteiger partial charge in [0.1, 0.15) is 0 Å². The zero-order chi connectivity index (χ0) is 11.9. The third-order valence-corrected chi connectivity index (χ3v) is 3.04. The SMILES string of the molecule is CCCCCc1ccc(-c2[c]cccc2)cc1. The third-order valence-electron chi connectivity index (χ3n) is 3.04. The molecule has 0 spiro atoms. The van der Waals surface area contributed by atoms with Crippen molar-refractivity contribution in [2.24, 2.45) is 0 Å². The highest BCUT2D eigenvalue weighted by Gasteiger charge is 1.97. The van der Waals surface area contributed by atoms with Crippen molar-refractivity contribution in [2.75, 3.05) is 0 Å². The second-order valence-corrected chi connectivity index (χ2v) is 4.43. The fourth-order valence-electron chi connectivity index (χ4n) is 2.00. The molecule has 1 radical (unpaired) electrons. The summed E-state index contributed by atoms with van der Waals surface area (Å²) in [5.74, 6) is 0. The summed E-state index contributed by atoms with van der Waals surface area (Å²) in [5, 5.41) is 0. The van der Waals surface area contributed by atoms with Crippen LogP contribution >= 0.6 is 0 Å². The van der Waals surface area contributed by atoms with Crippen molar-refractivity contribution < 1.29 is 0 Å². The average Bonchev–Trinajstić information content (AvgIpc) is 2.41. The van der Waals surface area contributed by atoms with E-state index in [-0.39, 0.29) is 0 Å². The van der Waals surface area contributed by atoms with Gasteiger partial charge in [-0.15, -0.1) is 0 Å². The van der Waals surface area contributed by atoms with Crippen LogP contribution in [0.2, 0.25) is 0 Å². The third kappa shape index (κ3) is 3.45. The summed E-state index contributed by atoms with van der Waals surface area (Å²) >= 11 is 0. The fourth-order valence-corrected chi connectivity index (χ4v) is 2.00. The van der Waals surface area contributed by atoms with Gasteiger partial charge in [0.25, 0.3) is 0 Å². The summed E-state index contributed by atoms with van der Waals surface area (Å²) in [6.45, 7) is 2.24. The Morgan fingerprint density at radius 3 is 2.41 bits per heavy atom. The minimum atomic E-state index is 1.17. The molecule has 0 amide bonds. The minimum Gasteiger partial charge on any atom is -0.0654 e. The Kier molecular flexibility index (Phi) is 4.37. The Labute approximate surface area is 104 Å². The summed E-state index contributed by atoms with van der Waals surface area (Å²) in [6.07, 6.45) is 5.12. The maximum absolute atomic E-state index is 3.26. The first-order valence-corrected chi connectivity index (χ1v) is 6.46. The van der Waals surface area contributed by atoms with E-state index in [1.807, 2.05) is 12.1 Å². The van der Waals surface area contributed by atoms with E-state index in [0.717, 1.165) is 0 Å². The topological polar surface area (TPSA) is 0 Å². The number of unbranched alkanes of at least 4 members (excludes halogenated alkanes) is 2. The van der Waals surface area contributed by atoms with E-state index < -0.39 is 0 Å². The Bertz CT molecular complexity index is 425. The van der Waals surface area contributed by atoms with E-state index in [9.17, 15) is 0 Å². The van der Waals surface area contributed by atoms with Crippen molar-refractivity contribution >= 4 is 0 Å². The molecule has 0 aliphatic heterocycles. The molecule has 0 aromatic heterocycles. The van der Waals surface area contributed by atoms with Crippen LogP contribution in [0.15, 0.2) is 48.5 Å². The molecule has 0 atom stereocenters. The summed E-state index contributed by atoms with van der Waals surface area (Å²) in [4.78, 5) is 0. The number of aryl methyl sites for hydroxylation is 1. The fraction of sp³-hybridized carbons (Fsp3) is 0.294. The van der Waals surface area contributed by atoms with Gasteiger partial charge in [-0.25, -0.2) is 0 Å². The first-order valence-electron chi connectivity index (χ1n) is 6.46. The van der Waals surface area contributed by atoms with Crippen LogP contribution in [0, 0.1) is 6.07 Å². The van der Waals surface area contributed by atoms with Crippen molar-refractivity contribution in [3.8, 4) is 11.1 Å². The normalized spacial score (nSPS) is 10.4. The molecular weight excluding hydrogens is 204 g/mol. The molecule has 17 heavy (non-hydrogen) atoms. The molecule has 2 aromatic carbocycles. The molecule has 0 heteroatoms. The van der Waals surface area contributed by atoms with Gasteiger partial charge in [0.2, 0.25) is 0 Å². The van der Waals surface area contributed by atoms with Gasteiger partial charge in [0, 0.05) is 0 Å². The molecule has 0 heterocycles. The second-order valence-electron chi connectivity index (χ2n) is 4.43. The second kappa shape index (κ2) is 6.24. The van der Waals surface area contributed by atoms with Crippen LogP contribution in [-0.4, -0.2) is 0 Å². The molecule has 0 nitrogen and oxygen atoms in total. The maximum atomic E-state index is 3.26. The molecule has 2 aromatic rings. The lowest BCUT2D eigenvalue weighted by Gasteiger charge is -2.04. The Morgan fingerprint density at radius 1 is 0.941 bits per heavy atom. The molecule has 0 aliphatic carbocycles. The van der Waals surface area contributed by atoms with Gasteiger partial charge in [-0.1, -0.05) is 68.3 Å². The molecule has 0 fully saturated rings. The van der Waals surface area contributed by atoms with Gasteiger partial charge >= 0.3 is 0 Å². The van der Waals surface area contributed by atoms with E-state index in [2.05, 4.69) is 49.4 Å². The smallest absolute Gasteiger partial charge is 0.00992 e. The highest BCUT2D eigenvalue weighted by Crippen LogP contribution is 2.19. The Morgan fingerprint density at radius 2 is 1.76 bits per heavy atom. The van der Waals surface area contributed by atoms with E-state index in [0.29, 0.717) is 0 Å². The zero-order valence-corrected chi connectivity index (χ0v) is 10.4. The first-order chi connectivity index (χ1) is 8.40. The summed E-state index contributed by atoms with van der Waals surface area (Å²) in [5.41, 5.74) is 3.87. The van der Waals surface area contributed by atoms with Gasteiger partial charge in [-0.2, -0.15) is 0 Å². The molecule has 0 unspecified atom stereocenters. The van der Waals surface area contributed by atoms with Crippen LogP contribution in [0.3, 0.4) is 0 Å². The quantitative estimate of drug-likeness (QED) is 0.633. The van der Waals surface area contributed by atoms with Crippen LogP contribution in [0.25, 0.3) is 11.1 Å². The van der Waals surface area contributed by atoms with Crippen molar-refractivity contribution in [3.05, 3.63) is 60.2 Å². The Balaban J connectivity index is 2.03. The van der Waals surface area contributed by atoms with E-state index in [1.54, 1.807) is 0 Å². The van der Waals surface area contributed by atoms with E-state index >= 15 is 0 Å². The summed E-state index contributed by atoms with van der Waals surface area (Å²) < 4.78 is 0. The molecule has 0 N–H and O–H groups in total. The lowest BCUT2D eigenvalue weighted by molar-refractivity contribution is 0.717. The molecule has 2 rings (SSSR count). The molecular formula is C17H19. The van der Waals surface area contributed by atoms with Gasteiger partial charge in [0.15, 0.2) is 0 Å². The lowest BCUT2D eigenvalue weighted by atomic mass is 10.0. The van der Waals surface area contributed by atoms with Gasteiger partial charge in [-0.05, 0) is 35.6 Å². The lowest BCUT2D eigenvalue weighted by Crippen LogP contribution is -1.85. The van der Waals surface area contributed by atoms with Gasteiger partial charge < -0.3 is 0 Å². The summed E-state index contributed by atoms with van der Waals surface area (Å²) in [6, 6.07) is 20.3. The average molecular weight is 223 g/mol. The number of hydrogen-bond acceptors (Lipinski definition) is 0. The molecule has 0 saturated heterocycles. The van der Waals surface area contributed by atoms with Crippen LogP contribution in [0.1, 0.15) is 31.7 Å². The Hall–Kier alpha value is -1.56. The minimum absolute atomic E-state index is 1.17. The predicted molar refractivity (Wildman–Crippen MR) is 73.9 cm³/mol. The van der Waals surface area contributed by atoms with Crippen LogP contribution in [0.5, 0.6) is 0 Å². The number of rotatable bonds is 5. The van der Waals surface area contributed by atoms with Crippen LogP contribution < -0.4 is 0 Å².